The summed E-state index contributed by atoms with van der Waals surface area (Å²) in [5.41, 5.74) is 10.0. The molecule has 1 aliphatic heterocycles. The summed E-state index contributed by atoms with van der Waals surface area (Å²) in [5, 5.41) is 0. The van der Waals surface area contributed by atoms with Crippen molar-refractivity contribution in [2.24, 2.45) is 0 Å². The molecule has 2 aromatic heterocycles. The molecule has 3 heterocycles. The van der Waals surface area contributed by atoms with Crippen LogP contribution in [0.15, 0.2) is 36.9 Å². The summed E-state index contributed by atoms with van der Waals surface area (Å²) in [6, 6.07) is 5.25. The van der Waals surface area contributed by atoms with Gasteiger partial charge in [-0.1, -0.05) is 0 Å². The standard InChI is InChI=1S/C19H19N5O3/c1-2-27-19(26)23-6-5-14-12(10-23)8-21-9-15(14)18(25)24-11-22-16-7-13(20)3-4-17(16)24/h3-4,7-9,11H,2,5-6,10,20H2,1H3. The number of anilines is 1. The Morgan fingerprint density at radius 2 is 2.15 bits per heavy atom. The lowest BCUT2D eigenvalue weighted by molar-refractivity contribution is 0.0960. The van der Waals surface area contributed by atoms with Gasteiger partial charge in [-0.15, -0.1) is 0 Å². The van der Waals surface area contributed by atoms with Crippen LogP contribution in [0.1, 0.15) is 28.4 Å². The van der Waals surface area contributed by atoms with E-state index >= 15 is 0 Å². The largest absolute Gasteiger partial charge is 0.450 e. The molecule has 8 nitrogen and oxygen atoms in total. The third kappa shape index (κ3) is 2.99. The van der Waals surface area contributed by atoms with E-state index in [0.717, 1.165) is 11.1 Å². The highest BCUT2D eigenvalue weighted by Gasteiger charge is 2.26. The first kappa shape index (κ1) is 17.0. The molecule has 0 radical (unpaired) electrons. The minimum Gasteiger partial charge on any atom is -0.450 e. The van der Waals surface area contributed by atoms with E-state index in [0.29, 0.717) is 48.4 Å². The van der Waals surface area contributed by atoms with Crippen molar-refractivity contribution in [3.63, 3.8) is 0 Å². The quantitative estimate of drug-likeness (QED) is 0.699. The zero-order valence-electron chi connectivity index (χ0n) is 14.9. The van der Waals surface area contributed by atoms with Crippen molar-refractivity contribution in [1.29, 1.82) is 0 Å². The highest BCUT2D eigenvalue weighted by molar-refractivity contribution is 6.02. The second-order valence-electron chi connectivity index (χ2n) is 6.36. The molecule has 1 aromatic carbocycles. The number of amides is 1. The van der Waals surface area contributed by atoms with Gasteiger partial charge in [0, 0.05) is 24.6 Å². The number of rotatable bonds is 2. The van der Waals surface area contributed by atoms with Crippen molar-refractivity contribution >= 4 is 28.7 Å². The lowest BCUT2D eigenvalue weighted by Gasteiger charge is -2.28. The molecule has 0 spiro atoms. The van der Waals surface area contributed by atoms with Gasteiger partial charge in [0.2, 0.25) is 0 Å². The number of fused-ring (bicyclic) bond motifs is 2. The molecule has 0 fully saturated rings. The Kier molecular flexibility index (Phi) is 4.23. The van der Waals surface area contributed by atoms with E-state index in [1.165, 1.54) is 10.9 Å². The van der Waals surface area contributed by atoms with E-state index in [2.05, 4.69) is 9.97 Å². The summed E-state index contributed by atoms with van der Waals surface area (Å²) in [6.45, 7) is 2.98. The first-order chi connectivity index (χ1) is 13.1. The molecular formula is C19H19N5O3. The van der Waals surface area contributed by atoms with E-state index in [4.69, 9.17) is 10.5 Å². The second kappa shape index (κ2) is 6.71. The number of aromatic nitrogens is 3. The van der Waals surface area contributed by atoms with Crippen LogP contribution in [0.2, 0.25) is 0 Å². The Balaban J connectivity index is 1.68. The number of nitrogens with zero attached hydrogens (tertiary/aromatic N) is 4. The number of pyridine rings is 1. The molecule has 138 valence electrons. The van der Waals surface area contributed by atoms with Crippen LogP contribution in [0.3, 0.4) is 0 Å². The molecular weight excluding hydrogens is 346 g/mol. The van der Waals surface area contributed by atoms with Crippen molar-refractivity contribution in [3.05, 3.63) is 53.6 Å². The average molecular weight is 365 g/mol. The van der Waals surface area contributed by atoms with Gasteiger partial charge >= 0.3 is 6.09 Å². The summed E-state index contributed by atoms with van der Waals surface area (Å²) < 4.78 is 6.57. The van der Waals surface area contributed by atoms with Crippen LogP contribution in [0.25, 0.3) is 11.0 Å². The topological polar surface area (TPSA) is 103 Å². The number of carbonyl (C=O) groups excluding carboxylic acids is 2. The summed E-state index contributed by atoms with van der Waals surface area (Å²) in [5.74, 6) is -0.198. The summed E-state index contributed by atoms with van der Waals surface area (Å²) >= 11 is 0. The number of carbonyl (C=O) groups is 2. The van der Waals surface area contributed by atoms with Gasteiger partial charge in [-0.05, 0) is 42.7 Å². The average Bonchev–Trinajstić information content (AvgIpc) is 3.09. The molecule has 1 amide bonds. The lowest BCUT2D eigenvalue weighted by atomic mass is 9.97. The third-order valence-electron chi connectivity index (χ3n) is 4.69. The Hall–Kier alpha value is -3.42. The number of benzene rings is 1. The van der Waals surface area contributed by atoms with E-state index in [1.807, 2.05) is 0 Å². The third-order valence-corrected chi connectivity index (χ3v) is 4.69. The molecule has 1 aliphatic rings. The maximum absolute atomic E-state index is 13.1. The van der Waals surface area contributed by atoms with Crippen molar-refractivity contribution in [3.8, 4) is 0 Å². The summed E-state index contributed by atoms with van der Waals surface area (Å²) in [6.07, 6.45) is 4.99. The zero-order valence-corrected chi connectivity index (χ0v) is 14.9. The molecule has 0 bridgehead atoms. The van der Waals surface area contributed by atoms with Gasteiger partial charge < -0.3 is 15.4 Å². The first-order valence-electron chi connectivity index (χ1n) is 8.73. The number of nitrogens with two attached hydrogens (primary N) is 1. The Labute approximate surface area is 155 Å². The fraction of sp³-hybridized carbons (Fsp3) is 0.263. The second-order valence-corrected chi connectivity index (χ2v) is 6.36. The molecule has 8 heteroatoms. The van der Waals surface area contributed by atoms with E-state index in [9.17, 15) is 9.59 Å². The van der Waals surface area contributed by atoms with Gasteiger partial charge in [-0.25, -0.2) is 9.78 Å². The van der Waals surface area contributed by atoms with Crippen molar-refractivity contribution < 1.29 is 14.3 Å². The van der Waals surface area contributed by atoms with Gasteiger partial charge in [0.25, 0.3) is 5.91 Å². The highest BCUT2D eigenvalue weighted by atomic mass is 16.6. The Morgan fingerprint density at radius 1 is 1.30 bits per heavy atom. The van der Waals surface area contributed by atoms with Crippen LogP contribution < -0.4 is 5.73 Å². The summed E-state index contributed by atoms with van der Waals surface area (Å²) in [4.78, 5) is 35.2. The van der Waals surface area contributed by atoms with Crippen molar-refractivity contribution in [2.45, 2.75) is 19.9 Å². The minimum absolute atomic E-state index is 0.198. The minimum atomic E-state index is -0.349. The molecule has 3 aromatic rings. The van der Waals surface area contributed by atoms with Crippen LogP contribution in [0.4, 0.5) is 10.5 Å². The lowest BCUT2D eigenvalue weighted by Crippen LogP contribution is -2.37. The first-order valence-corrected chi connectivity index (χ1v) is 8.73. The molecule has 0 saturated heterocycles. The van der Waals surface area contributed by atoms with Crippen LogP contribution in [0.5, 0.6) is 0 Å². The van der Waals surface area contributed by atoms with Crippen molar-refractivity contribution in [2.75, 3.05) is 18.9 Å². The fourth-order valence-electron chi connectivity index (χ4n) is 3.37. The fourth-order valence-corrected chi connectivity index (χ4v) is 3.37. The Bertz CT molecular complexity index is 1040. The number of imidazole rings is 1. The molecule has 0 aliphatic carbocycles. The van der Waals surface area contributed by atoms with Gasteiger partial charge in [-0.3, -0.25) is 14.3 Å². The predicted octanol–water partition coefficient (Wildman–Crippen LogP) is 2.22. The highest BCUT2D eigenvalue weighted by Crippen LogP contribution is 2.24. The van der Waals surface area contributed by atoms with Gasteiger partial charge in [0.05, 0.1) is 29.7 Å². The molecule has 0 unspecified atom stereocenters. The van der Waals surface area contributed by atoms with E-state index in [1.54, 1.807) is 42.4 Å². The number of nitrogen functional groups attached to an aromatic ring is 1. The van der Waals surface area contributed by atoms with Crippen LogP contribution in [0, 0.1) is 0 Å². The van der Waals surface area contributed by atoms with Gasteiger partial charge in [0.1, 0.15) is 6.33 Å². The van der Waals surface area contributed by atoms with Gasteiger partial charge in [0.15, 0.2) is 0 Å². The maximum atomic E-state index is 13.1. The van der Waals surface area contributed by atoms with Gasteiger partial charge in [-0.2, -0.15) is 0 Å². The smallest absolute Gasteiger partial charge is 0.410 e. The predicted molar refractivity (Wildman–Crippen MR) is 99.2 cm³/mol. The van der Waals surface area contributed by atoms with E-state index < -0.39 is 0 Å². The number of ether oxygens (including phenoxy) is 1. The number of hydrogen-bond donors (Lipinski definition) is 1. The SMILES string of the molecule is CCOC(=O)N1CCc2c(cncc2C(=O)n2cnc3cc(N)ccc32)C1. The van der Waals surface area contributed by atoms with Crippen LogP contribution >= 0.6 is 0 Å². The summed E-state index contributed by atoms with van der Waals surface area (Å²) in [7, 11) is 0. The monoisotopic (exact) mass is 365 g/mol. The molecule has 0 saturated carbocycles. The Morgan fingerprint density at radius 3 is 2.96 bits per heavy atom. The van der Waals surface area contributed by atoms with Crippen LogP contribution in [-0.4, -0.2) is 44.6 Å². The maximum Gasteiger partial charge on any atom is 0.410 e. The van der Waals surface area contributed by atoms with Crippen LogP contribution in [-0.2, 0) is 17.7 Å². The molecule has 4 rings (SSSR count). The molecule has 27 heavy (non-hydrogen) atoms. The molecule has 0 atom stereocenters. The van der Waals surface area contributed by atoms with Crippen molar-refractivity contribution in [1.82, 2.24) is 19.4 Å². The normalized spacial score (nSPS) is 13.4. The molecule has 2 N–H and O–H groups in total. The zero-order chi connectivity index (χ0) is 19.0. The number of hydrogen-bond acceptors (Lipinski definition) is 6. The van der Waals surface area contributed by atoms with E-state index in [-0.39, 0.29) is 12.0 Å².